The number of methoxy groups -OCH3 is 3. The summed E-state index contributed by atoms with van der Waals surface area (Å²) in [7, 11) is 4.54. The zero-order valence-corrected chi connectivity index (χ0v) is 13.2. The van der Waals surface area contributed by atoms with Gasteiger partial charge in [-0.15, -0.1) is 0 Å². The number of hydrogen-bond donors (Lipinski definition) is 0. The van der Waals surface area contributed by atoms with E-state index in [4.69, 9.17) is 28.4 Å². The first-order chi connectivity index (χ1) is 9.35. The average molecular weight is 298 g/mol. The van der Waals surface area contributed by atoms with E-state index in [-0.39, 0.29) is 0 Å². The maximum absolute atomic E-state index is 5.53. The van der Waals surface area contributed by atoms with Crippen LogP contribution in [0.3, 0.4) is 0 Å². The molecule has 0 fully saturated rings. The highest BCUT2D eigenvalue weighted by molar-refractivity contribution is 7.57. The predicted octanol–water partition coefficient (Wildman–Crippen LogP) is 1.33. The normalized spacial score (nSPS) is 11.4. The molecule has 0 N–H and O–H groups in total. The SMILES string of the molecule is COCCOCP(COCCOC)COCCOC. The molecule has 0 heterocycles. The van der Waals surface area contributed by atoms with Crippen molar-refractivity contribution in [3.8, 4) is 0 Å². The fourth-order valence-corrected chi connectivity index (χ4v) is 2.51. The lowest BCUT2D eigenvalue weighted by atomic mass is 10.8. The van der Waals surface area contributed by atoms with Crippen molar-refractivity contribution in [2.45, 2.75) is 0 Å². The van der Waals surface area contributed by atoms with Gasteiger partial charge in [0, 0.05) is 21.3 Å². The van der Waals surface area contributed by atoms with Crippen LogP contribution in [0, 0.1) is 0 Å². The Bertz CT molecular complexity index is 144. The molecule has 0 spiro atoms. The van der Waals surface area contributed by atoms with Gasteiger partial charge in [0.05, 0.1) is 58.7 Å². The second-order valence-electron chi connectivity index (χ2n) is 3.76. The fraction of sp³-hybridized carbons (Fsp3) is 1.00. The summed E-state index contributed by atoms with van der Waals surface area (Å²) in [6.07, 6.45) is 2.00. The number of rotatable bonds is 15. The lowest BCUT2D eigenvalue weighted by Gasteiger charge is -2.18. The molecule has 0 aromatic carbocycles. The molecule has 116 valence electrons. The van der Waals surface area contributed by atoms with Gasteiger partial charge in [0.25, 0.3) is 0 Å². The molecule has 19 heavy (non-hydrogen) atoms. The monoisotopic (exact) mass is 298 g/mol. The van der Waals surface area contributed by atoms with Crippen LogP contribution in [-0.4, -0.2) is 80.0 Å². The summed E-state index contributed by atoms with van der Waals surface area (Å²) < 4.78 is 31.4. The maximum Gasteiger partial charge on any atom is 0.0705 e. The summed E-state index contributed by atoms with van der Waals surface area (Å²) in [5.74, 6) is 0. The third kappa shape index (κ3) is 14.4. The van der Waals surface area contributed by atoms with Crippen molar-refractivity contribution in [2.24, 2.45) is 0 Å². The van der Waals surface area contributed by atoms with Crippen LogP contribution in [0.15, 0.2) is 0 Å². The van der Waals surface area contributed by atoms with E-state index in [0.717, 1.165) is 0 Å². The topological polar surface area (TPSA) is 55.4 Å². The fourth-order valence-electron chi connectivity index (χ4n) is 1.12. The first-order valence-electron chi connectivity index (χ1n) is 6.27. The van der Waals surface area contributed by atoms with Crippen molar-refractivity contribution in [1.82, 2.24) is 0 Å². The Morgan fingerprint density at radius 3 is 1.11 bits per heavy atom. The van der Waals surface area contributed by atoms with Crippen molar-refractivity contribution >= 4 is 7.92 Å². The van der Waals surface area contributed by atoms with Crippen LogP contribution < -0.4 is 0 Å². The van der Waals surface area contributed by atoms with E-state index in [1.54, 1.807) is 21.3 Å². The first kappa shape index (κ1) is 19.2. The molecule has 0 saturated carbocycles. The van der Waals surface area contributed by atoms with Gasteiger partial charge < -0.3 is 28.4 Å². The average Bonchev–Trinajstić information content (AvgIpc) is 2.43. The van der Waals surface area contributed by atoms with Gasteiger partial charge in [-0.2, -0.15) is 0 Å². The number of hydrogen-bond acceptors (Lipinski definition) is 6. The zero-order chi connectivity index (χ0) is 14.2. The van der Waals surface area contributed by atoms with E-state index >= 15 is 0 Å². The second-order valence-corrected chi connectivity index (χ2v) is 5.88. The third-order valence-corrected chi connectivity index (χ3v) is 3.76. The van der Waals surface area contributed by atoms with Crippen molar-refractivity contribution in [2.75, 3.05) is 80.0 Å². The Labute approximate surface area is 117 Å². The lowest BCUT2D eigenvalue weighted by Crippen LogP contribution is -2.10. The smallest absolute Gasteiger partial charge is 0.0705 e. The van der Waals surface area contributed by atoms with Gasteiger partial charge in [-0.1, -0.05) is 0 Å². The van der Waals surface area contributed by atoms with Gasteiger partial charge in [0.1, 0.15) is 0 Å². The van der Waals surface area contributed by atoms with Crippen LogP contribution in [0.4, 0.5) is 0 Å². The molecule has 0 aliphatic carbocycles. The Morgan fingerprint density at radius 2 is 0.842 bits per heavy atom. The molecule has 0 rings (SSSR count). The summed E-state index contributed by atoms with van der Waals surface area (Å²) in [4.78, 5) is 0. The van der Waals surface area contributed by atoms with Crippen LogP contribution in [0.25, 0.3) is 0 Å². The zero-order valence-electron chi connectivity index (χ0n) is 12.3. The second kappa shape index (κ2) is 16.2. The molecule has 0 aliphatic rings. The number of ether oxygens (including phenoxy) is 6. The van der Waals surface area contributed by atoms with Gasteiger partial charge >= 0.3 is 0 Å². The molecule has 0 aromatic heterocycles. The molecule has 0 atom stereocenters. The van der Waals surface area contributed by atoms with E-state index in [1.165, 1.54) is 0 Å². The molecular weight excluding hydrogens is 271 g/mol. The highest BCUT2D eigenvalue weighted by Crippen LogP contribution is 2.35. The summed E-state index contributed by atoms with van der Waals surface area (Å²) in [5, 5.41) is 0. The standard InChI is InChI=1S/C12H27O6P/c1-13-4-7-16-10-19(11-17-8-5-14-2)12-18-9-6-15-3/h4-12H2,1-3H3. The summed E-state index contributed by atoms with van der Waals surface area (Å²) >= 11 is 0. The molecule has 7 heteroatoms. The Morgan fingerprint density at radius 1 is 0.526 bits per heavy atom. The molecule has 6 nitrogen and oxygen atoms in total. The molecule has 0 unspecified atom stereocenters. The molecule has 0 saturated heterocycles. The van der Waals surface area contributed by atoms with Crippen LogP contribution in [0.2, 0.25) is 0 Å². The largest absolute Gasteiger partial charge is 0.382 e. The van der Waals surface area contributed by atoms with Crippen molar-refractivity contribution in [3.05, 3.63) is 0 Å². The third-order valence-electron chi connectivity index (χ3n) is 2.12. The molecular formula is C12H27O6P. The van der Waals surface area contributed by atoms with Crippen molar-refractivity contribution in [3.63, 3.8) is 0 Å². The highest BCUT2D eigenvalue weighted by Gasteiger charge is 2.09. The summed E-state index contributed by atoms with van der Waals surface area (Å²) in [6, 6.07) is 0. The van der Waals surface area contributed by atoms with Gasteiger partial charge in [0.2, 0.25) is 0 Å². The summed E-state index contributed by atoms with van der Waals surface area (Å²) in [5.41, 5.74) is 0. The minimum atomic E-state index is -0.444. The van der Waals surface area contributed by atoms with E-state index in [0.29, 0.717) is 58.7 Å². The first-order valence-corrected chi connectivity index (χ1v) is 8.17. The lowest BCUT2D eigenvalue weighted by molar-refractivity contribution is 0.0756. The molecule has 0 bridgehead atoms. The van der Waals surface area contributed by atoms with Crippen LogP contribution in [-0.2, 0) is 28.4 Å². The minimum absolute atomic E-state index is 0.444. The van der Waals surface area contributed by atoms with Crippen LogP contribution >= 0.6 is 7.92 Å². The molecule has 0 aromatic rings. The van der Waals surface area contributed by atoms with Gasteiger partial charge in [-0.3, -0.25) is 0 Å². The molecule has 0 radical (unpaired) electrons. The molecule has 0 aliphatic heterocycles. The molecule has 0 amide bonds. The Kier molecular flexibility index (Phi) is 16.4. The van der Waals surface area contributed by atoms with E-state index in [2.05, 4.69) is 0 Å². The van der Waals surface area contributed by atoms with E-state index in [9.17, 15) is 0 Å². The van der Waals surface area contributed by atoms with Gasteiger partial charge in [-0.05, 0) is 7.92 Å². The van der Waals surface area contributed by atoms with Crippen LogP contribution in [0.5, 0.6) is 0 Å². The van der Waals surface area contributed by atoms with Gasteiger partial charge in [-0.25, -0.2) is 0 Å². The van der Waals surface area contributed by atoms with Gasteiger partial charge in [0.15, 0.2) is 0 Å². The van der Waals surface area contributed by atoms with Crippen LogP contribution in [0.1, 0.15) is 0 Å². The highest BCUT2D eigenvalue weighted by atomic mass is 31.1. The summed E-state index contributed by atoms with van der Waals surface area (Å²) in [6.45, 7) is 3.64. The minimum Gasteiger partial charge on any atom is -0.382 e. The Hall–Kier alpha value is 0.190. The maximum atomic E-state index is 5.53. The predicted molar refractivity (Wildman–Crippen MR) is 75.0 cm³/mol. The van der Waals surface area contributed by atoms with Crippen molar-refractivity contribution < 1.29 is 28.4 Å². The van der Waals surface area contributed by atoms with E-state index < -0.39 is 7.92 Å². The quantitative estimate of drug-likeness (QED) is 0.336. The Balaban J connectivity index is 3.66. The van der Waals surface area contributed by atoms with E-state index in [1.807, 2.05) is 0 Å². The van der Waals surface area contributed by atoms with Crippen molar-refractivity contribution in [1.29, 1.82) is 0 Å².